The van der Waals surface area contributed by atoms with Crippen molar-refractivity contribution in [2.24, 2.45) is 0 Å². The number of carbonyl (C=O) groups is 1. The third kappa shape index (κ3) is 3.67. The van der Waals surface area contributed by atoms with Crippen LogP contribution in [0.4, 0.5) is 0 Å². The number of nitrogens with zero attached hydrogens (tertiary/aromatic N) is 1. The normalized spacial score (nSPS) is 11.4. The minimum absolute atomic E-state index is 0.354. The van der Waals surface area contributed by atoms with Gasteiger partial charge in [-0.25, -0.2) is 9.78 Å². The molecule has 1 aromatic heterocycles. The van der Waals surface area contributed by atoms with Crippen molar-refractivity contribution in [2.45, 2.75) is 26.4 Å². The Balaban J connectivity index is 2.27. The molecule has 4 nitrogen and oxygen atoms in total. The number of ether oxygens (including phenoxy) is 1. The number of benzene rings is 1. The number of hydrogen-bond donors (Lipinski definition) is 0. The van der Waals surface area contributed by atoms with E-state index in [0.717, 1.165) is 5.56 Å². The molecule has 100 valence electrons. The van der Waals surface area contributed by atoms with Crippen LogP contribution in [0, 0.1) is 0 Å². The predicted molar refractivity (Wildman–Crippen MR) is 74.8 cm³/mol. The van der Waals surface area contributed by atoms with Crippen molar-refractivity contribution < 1.29 is 13.9 Å². The average molecular weight is 324 g/mol. The SMILES string of the molecule is CC(C)(C)OC(=O)c1cccc(-c2cnc(Br)o2)c1. The Kier molecular flexibility index (Phi) is 3.75. The Labute approximate surface area is 119 Å². The highest BCUT2D eigenvalue weighted by atomic mass is 79.9. The minimum Gasteiger partial charge on any atom is -0.456 e. The first kappa shape index (κ1) is 13.8. The lowest BCUT2D eigenvalue weighted by molar-refractivity contribution is 0.00696. The largest absolute Gasteiger partial charge is 0.456 e. The Bertz CT molecular complexity index is 599. The van der Waals surface area contributed by atoms with Crippen LogP contribution in [0.1, 0.15) is 31.1 Å². The summed E-state index contributed by atoms with van der Waals surface area (Å²) in [5, 5.41) is 0. The van der Waals surface area contributed by atoms with Crippen molar-refractivity contribution >= 4 is 21.9 Å². The number of aromatic nitrogens is 1. The van der Waals surface area contributed by atoms with Gasteiger partial charge in [-0.15, -0.1) is 0 Å². The van der Waals surface area contributed by atoms with Crippen LogP contribution in [-0.4, -0.2) is 16.6 Å². The highest BCUT2D eigenvalue weighted by Crippen LogP contribution is 2.24. The maximum absolute atomic E-state index is 12.0. The maximum Gasteiger partial charge on any atom is 0.338 e. The van der Waals surface area contributed by atoms with Crippen LogP contribution in [0.25, 0.3) is 11.3 Å². The molecule has 0 bridgehead atoms. The molecule has 1 aromatic carbocycles. The molecule has 0 aliphatic carbocycles. The number of rotatable bonds is 2. The molecule has 0 unspecified atom stereocenters. The monoisotopic (exact) mass is 323 g/mol. The van der Waals surface area contributed by atoms with E-state index < -0.39 is 5.60 Å². The van der Waals surface area contributed by atoms with Gasteiger partial charge in [0.25, 0.3) is 4.80 Å². The van der Waals surface area contributed by atoms with Gasteiger partial charge in [0.2, 0.25) is 0 Å². The molecule has 0 aliphatic heterocycles. The zero-order valence-electron chi connectivity index (χ0n) is 10.9. The van der Waals surface area contributed by atoms with E-state index in [1.165, 1.54) is 0 Å². The second-order valence-corrected chi connectivity index (χ2v) is 5.74. The van der Waals surface area contributed by atoms with E-state index in [1.54, 1.807) is 24.4 Å². The molecule has 1 heterocycles. The third-order valence-electron chi connectivity index (χ3n) is 2.26. The summed E-state index contributed by atoms with van der Waals surface area (Å²) in [6.07, 6.45) is 1.60. The van der Waals surface area contributed by atoms with Gasteiger partial charge in [-0.2, -0.15) is 0 Å². The van der Waals surface area contributed by atoms with Gasteiger partial charge in [0.05, 0.1) is 11.8 Å². The van der Waals surface area contributed by atoms with E-state index >= 15 is 0 Å². The van der Waals surface area contributed by atoms with Crippen molar-refractivity contribution in [3.8, 4) is 11.3 Å². The molecule has 2 rings (SSSR count). The van der Waals surface area contributed by atoms with Crippen LogP contribution in [0.3, 0.4) is 0 Å². The standard InChI is InChI=1S/C14H14BrNO3/c1-14(2,3)19-12(17)10-6-4-5-9(7-10)11-8-16-13(15)18-11/h4-8H,1-3H3. The molecule has 0 saturated heterocycles. The molecular formula is C14H14BrNO3. The summed E-state index contributed by atoms with van der Waals surface area (Å²) in [6.45, 7) is 5.51. The van der Waals surface area contributed by atoms with E-state index in [0.29, 0.717) is 16.1 Å². The molecule has 2 aromatic rings. The second-order valence-electron chi connectivity index (χ2n) is 5.06. The van der Waals surface area contributed by atoms with Crippen LogP contribution in [0.5, 0.6) is 0 Å². The fourth-order valence-corrected chi connectivity index (χ4v) is 1.80. The van der Waals surface area contributed by atoms with Gasteiger partial charge in [-0.05, 0) is 32.9 Å². The molecule has 0 saturated carbocycles. The van der Waals surface area contributed by atoms with E-state index in [1.807, 2.05) is 26.8 Å². The lowest BCUT2D eigenvalue weighted by Gasteiger charge is -2.19. The maximum atomic E-state index is 12.0. The Morgan fingerprint density at radius 2 is 2.11 bits per heavy atom. The number of carbonyl (C=O) groups excluding carboxylic acids is 1. The van der Waals surface area contributed by atoms with Gasteiger partial charge in [0.1, 0.15) is 5.60 Å². The lowest BCUT2D eigenvalue weighted by Crippen LogP contribution is -2.23. The number of hydrogen-bond acceptors (Lipinski definition) is 4. The Morgan fingerprint density at radius 3 is 2.68 bits per heavy atom. The van der Waals surface area contributed by atoms with E-state index in [9.17, 15) is 4.79 Å². The van der Waals surface area contributed by atoms with Gasteiger partial charge in [0.15, 0.2) is 5.76 Å². The quantitative estimate of drug-likeness (QED) is 0.782. The van der Waals surface area contributed by atoms with Gasteiger partial charge in [-0.1, -0.05) is 12.1 Å². The summed E-state index contributed by atoms with van der Waals surface area (Å²) in [5.41, 5.74) is 0.754. The van der Waals surface area contributed by atoms with Crippen molar-refractivity contribution in [1.82, 2.24) is 4.98 Å². The van der Waals surface area contributed by atoms with E-state index in [2.05, 4.69) is 20.9 Å². The van der Waals surface area contributed by atoms with Crippen molar-refractivity contribution in [1.29, 1.82) is 0 Å². The highest BCUT2D eigenvalue weighted by Gasteiger charge is 2.18. The summed E-state index contributed by atoms with van der Waals surface area (Å²) < 4.78 is 10.7. The fraction of sp³-hybridized carbons (Fsp3) is 0.286. The highest BCUT2D eigenvalue weighted by molar-refractivity contribution is 9.10. The van der Waals surface area contributed by atoms with Crippen LogP contribution >= 0.6 is 15.9 Å². The van der Waals surface area contributed by atoms with E-state index in [4.69, 9.17) is 9.15 Å². The first-order chi connectivity index (χ1) is 8.85. The molecule has 0 N–H and O–H groups in total. The first-order valence-electron chi connectivity index (χ1n) is 5.80. The lowest BCUT2D eigenvalue weighted by atomic mass is 10.1. The van der Waals surface area contributed by atoms with Gasteiger partial charge in [0, 0.05) is 21.5 Å². The molecule has 5 heteroatoms. The number of halogens is 1. The molecule has 0 spiro atoms. The van der Waals surface area contributed by atoms with Crippen LogP contribution in [0.15, 0.2) is 39.7 Å². The molecule has 0 amide bonds. The van der Waals surface area contributed by atoms with Gasteiger partial charge >= 0.3 is 5.97 Å². The molecule has 0 fully saturated rings. The molecule has 0 radical (unpaired) electrons. The van der Waals surface area contributed by atoms with Crippen LogP contribution in [-0.2, 0) is 4.74 Å². The van der Waals surface area contributed by atoms with Crippen molar-refractivity contribution in [3.05, 3.63) is 40.8 Å². The van der Waals surface area contributed by atoms with Crippen LogP contribution in [0.2, 0.25) is 0 Å². The zero-order valence-corrected chi connectivity index (χ0v) is 12.5. The van der Waals surface area contributed by atoms with Gasteiger partial charge in [-0.3, -0.25) is 0 Å². The fourth-order valence-electron chi connectivity index (χ4n) is 1.52. The summed E-state index contributed by atoms with van der Waals surface area (Å²) in [6, 6.07) is 7.07. The predicted octanol–water partition coefficient (Wildman–Crippen LogP) is 4.06. The molecule has 19 heavy (non-hydrogen) atoms. The van der Waals surface area contributed by atoms with Gasteiger partial charge < -0.3 is 9.15 Å². The smallest absolute Gasteiger partial charge is 0.338 e. The average Bonchev–Trinajstić information content (AvgIpc) is 2.74. The third-order valence-corrected chi connectivity index (χ3v) is 2.63. The molecule has 0 atom stereocenters. The summed E-state index contributed by atoms with van der Waals surface area (Å²) >= 11 is 3.15. The zero-order chi connectivity index (χ0) is 14.0. The van der Waals surface area contributed by atoms with Crippen molar-refractivity contribution in [3.63, 3.8) is 0 Å². The minimum atomic E-state index is -0.512. The number of esters is 1. The Hall–Kier alpha value is -1.62. The topological polar surface area (TPSA) is 52.3 Å². The second kappa shape index (κ2) is 5.17. The molecular weight excluding hydrogens is 310 g/mol. The number of oxazole rings is 1. The Morgan fingerprint density at radius 1 is 1.37 bits per heavy atom. The van der Waals surface area contributed by atoms with Crippen LogP contribution < -0.4 is 0 Å². The summed E-state index contributed by atoms with van der Waals surface area (Å²) in [7, 11) is 0. The molecule has 0 aliphatic rings. The summed E-state index contributed by atoms with van der Waals surface area (Å²) in [5.74, 6) is 0.241. The first-order valence-corrected chi connectivity index (χ1v) is 6.59. The van der Waals surface area contributed by atoms with Crippen molar-refractivity contribution in [2.75, 3.05) is 0 Å². The summed E-state index contributed by atoms with van der Waals surface area (Å²) in [4.78, 5) is 16.3. The van der Waals surface area contributed by atoms with E-state index in [-0.39, 0.29) is 5.97 Å².